The first-order valence-corrected chi connectivity index (χ1v) is 17.7. The van der Waals surface area contributed by atoms with Gasteiger partial charge in [-0.3, -0.25) is 4.90 Å². The molecule has 39 heavy (non-hydrogen) atoms. The van der Waals surface area contributed by atoms with Gasteiger partial charge in [0.2, 0.25) is 0 Å². The minimum Gasteiger partial charge on any atom is -0.459 e. The summed E-state index contributed by atoms with van der Waals surface area (Å²) >= 11 is 0. The van der Waals surface area contributed by atoms with Gasteiger partial charge in [-0.2, -0.15) is 0 Å². The second-order valence-electron chi connectivity index (χ2n) is 14.8. The second kappa shape index (κ2) is 14.9. The zero-order chi connectivity index (χ0) is 27.0. The Kier molecular flexibility index (Phi) is 11.3. The van der Waals surface area contributed by atoms with Gasteiger partial charge in [0.1, 0.15) is 6.10 Å². The molecule has 5 fully saturated rings. The lowest BCUT2D eigenvalue weighted by Crippen LogP contribution is -2.52. The zero-order valence-electron chi connectivity index (χ0n) is 25.6. The summed E-state index contributed by atoms with van der Waals surface area (Å²) < 4.78 is 5.62. The minimum atomic E-state index is -0.199. The van der Waals surface area contributed by atoms with Gasteiger partial charge in [-0.05, 0) is 120 Å². The van der Waals surface area contributed by atoms with Crippen molar-refractivity contribution in [3.63, 3.8) is 0 Å². The Morgan fingerprint density at radius 3 is 1.56 bits per heavy atom. The highest BCUT2D eigenvalue weighted by atomic mass is 16.5. The fourth-order valence-electron chi connectivity index (χ4n) is 9.74. The summed E-state index contributed by atoms with van der Waals surface area (Å²) in [5.41, 5.74) is 0.530. The van der Waals surface area contributed by atoms with E-state index in [2.05, 4.69) is 11.5 Å². The van der Waals surface area contributed by atoms with Crippen molar-refractivity contribution < 1.29 is 9.53 Å². The molecule has 5 aliphatic rings. The van der Waals surface area contributed by atoms with Crippen LogP contribution in [0.4, 0.5) is 0 Å². The standard InChI is InChI=1S/C36H61NO2/c1-27(2)36(38)39-35-25-17-29(18-26-35)14-13-28-15-21-33(22-16-28)37(32-11-7-4-8-12-32)34-23-19-31(20-24-34)30-9-5-3-6-10-30/h28-35H,1,3-26H2,2H3. The molecule has 5 rings (SSSR count). The molecule has 0 aliphatic heterocycles. The zero-order valence-corrected chi connectivity index (χ0v) is 25.6. The molecular formula is C36H61NO2. The van der Waals surface area contributed by atoms with Crippen molar-refractivity contribution >= 4 is 5.97 Å². The van der Waals surface area contributed by atoms with Crippen LogP contribution in [-0.4, -0.2) is 35.1 Å². The second-order valence-corrected chi connectivity index (χ2v) is 14.8. The van der Waals surface area contributed by atoms with Gasteiger partial charge in [0.25, 0.3) is 0 Å². The van der Waals surface area contributed by atoms with Gasteiger partial charge in [-0.25, -0.2) is 4.79 Å². The predicted molar refractivity (Wildman–Crippen MR) is 163 cm³/mol. The smallest absolute Gasteiger partial charge is 0.333 e. The van der Waals surface area contributed by atoms with Crippen LogP contribution in [0.2, 0.25) is 0 Å². The number of hydrogen-bond donors (Lipinski definition) is 0. The number of ether oxygens (including phenoxy) is 1. The Bertz CT molecular complexity index is 742. The minimum absolute atomic E-state index is 0.129. The molecule has 0 heterocycles. The predicted octanol–water partition coefficient (Wildman–Crippen LogP) is 9.78. The van der Waals surface area contributed by atoms with Crippen molar-refractivity contribution in [3.05, 3.63) is 12.2 Å². The summed E-state index contributed by atoms with van der Waals surface area (Å²) in [5, 5.41) is 0. The average Bonchev–Trinajstić information content (AvgIpc) is 2.99. The summed E-state index contributed by atoms with van der Waals surface area (Å²) in [7, 11) is 0. The summed E-state index contributed by atoms with van der Waals surface area (Å²) in [6, 6.07) is 2.66. The maximum absolute atomic E-state index is 11.9. The fourth-order valence-corrected chi connectivity index (χ4v) is 9.74. The number of carbonyl (C=O) groups is 1. The third kappa shape index (κ3) is 8.36. The van der Waals surface area contributed by atoms with Crippen molar-refractivity contribution in [2.75, 3.05) is 0 Å². The van der Waals surface area contributed by atoms with Gasteiger partial charge in [0.15, 0.2) is 0 Å². The molecule has 0 atom stereocenters. The van der Waals surface area contributed by atoms with Crippen molar-refractivity contribution in [1.29, 1.82) is 0 Å². The van der Waals surface area contributed by atoms with E-state index < -0.39 is 0 Å². The highest BCUT2D eigenvalue weighted by Crippen LogP contribution is 2.43. The first kappa shape index (κ1) is 29.7. The van der Waals surface area contributed by atoms with Crippen LogP contribution in [0.1, 0.15) is 161 Å². The summed E-state index contributed by atoms with van der Waals surface area (Å²) in [6.45, 7) is 5.48. The van der Waals surface area contributed by atoms with Crippen LogP contribution in [0.5, 0.6) is 0 Å². The van der Waals surface area contributed by atoms with Gasteiger partial charge in [-0.1, -0.05) is 70.8 Å². The van der Waals surface area contributed by atoms with Gasteiger partial charge >= 0.3 is 5.97 Å². The third-order valence-electron chi connectivity index (χ3n) is 12.1. The molecule has 222 valence electrons. The summed E-state index contributed by atoms with van der Waals surface area (Å²) in [4.78, 5) is 15.0. The van der Waals surface area contributed by atoms with Crippen LogP contribution < -0.4 is 0 Å². The van der Waals surface area contributed by atoms with Crippen molar-refractivity contribution in [3.8, 4) is 0 Å². The molecule has 0 aromatic carbocycles. The van der Waals surface area contributed by atoms with Gasteiger partial charge < -0.3 is 4.74 Å². The third-order valence-corrected chi connectivity index (χ3v) is 12.1. The molecule has 0 spiro atoms. The quantitative estimate of drug-likeness (QED) is 0.216. The van der Waals surface area contributed by atoms with Gasteiger partial charge in [0.05, 0.1) is 0 Å². The molecule has 3 nitrogen and oxygen atoms in total. The topological polar surface area (TPSA) is 29.5 Å². The van der Waals surface area contributed by atoms with E-state index in [-0.39, 0.29) is 12.1 Å². The largest absolute Gasteiger partial charge is 0.459 e. The number of hydrogen-bond acceptors (Lipinski definition) is 3. The molecule has 0 amide bonds. The van der Waals surface area contributed by atoms with E-state index in [1.165, 1.54) is 141 Å². The number of esters is 1. The van der Waals surface area contributed by atoms with E-state index in [0.29, 0.717) is 5.57 Å². The van der Waals surface area contributed by atoms with E-state index in [4.69, 9.17) is 4.74 Å². The molecule has 3 heteroatoms. The van der Waals surface area contributed by atoms with Crippen molar-refractivity contribution in [2.45, 2.75) is 185 Å². The van der Waals surface area contributed by atoms with Crippen LogP contribution in [0.25, 0.3) is 0 Å². The molecule has 5 aliphatic carbocycles. The summed E-state index contributed by atoms with van der Waals surface area (Å²) in [5.74, 6) is 3.73. The maximum Gasteiger partial charge on any atom is 0.333 e. The lowest BCUT2D eigenvalue weighted by atomic mass is 9.71. The SMILES string of the molecule is C=C(C)C(=O)OC1CCC(CCC2CCC(N(C3CCCCC3)C3CCC(C4CCCCC4)CC3)CC2)CC1. The molecule has 0 bridgehead atoms. The summed E-state index contributed by atoms with van der Waals surface area (Å²) in [6.07, 6.45) is 34.4. The molecule has 0 unspecified atom stereocenters. The van der Waals surface area contributed by atoms with Crippen LogP contribution in [-0.2, 0) is 9.53 Å². The molecule has 0 N–H and O–H groups in total. The number of carbonyl (C=O) groups excluding carboxylic acids is 1. The lowest BCUT2D eigenvalue weighted by molar-refractivity contribution is -0.146. The first-order chi connectivity index (χ1) is 19.1. The van der Waals surface area contributed by atoms with Crippen LogP contribution in [0.15, 0.2) is 12.2 Å². The Hall–Kier alpha value is -0.830. The van der Waals surface area contributed by atoms with E-state index in [0.717, 1.165) is 54.6 Å². The number of rotatable bonds is 9. The average molecular weight is 540 g/mol. The molecule has 0 aromatic heterocycles. The highest BCUT2D eigenvalue weighted by molar-refractivity contribution is 5.87. The van der Waals surface area contributed by atoms with Crippen LogP contribution >= 0.6 is 0 Å². The monoisotopic (exact) mass is 539 g/mol. The number of nitrogens with zero attached hydrogens (tertiary/aromatic N) is 1. The van der Waals surface area contributed by atoms with Crippen molar-refractivity contribution in [1.82, 2.24) is 4.90 Å². The molecule has 5 saturated carbocycles. The molecule has 0 aromatic rings. The highest BCUT2D eigenvalue weighted by Gasteiger charge is 2.38. The molecular weight excluding hydrogens is 478 g/mol. The Morgan fingerprint density at radius 1 is 0.590 bits per heavy atom. The van der Waals surface area contributed by atoms with E-state index in [9.17, 15) is 4.79 Å². The maximum atomic E-state index is 11.9. The molecule has 0 saturated heterocycles. The van der Waals surface area contributed by atoms with E-state index in [1.54, 1.807) is 6.92 Å². The Balaban J connectivity index is 1.06. The fraction of sp³-hybridized carbons (Fsp3) is 0.917. The Labute approximate surface area is 241 Å². The van der Waals surface area contributed by atoms with Crippen LogP contribution in [0, 0.1) is 23.7 Å². The lowest BCUT2D eigenvalue weighted by Gasteiger charge is -2.49. The first-order valence-electron chi connectivity index (χ1n) is 17.7. The van der Waals surface area contributed by atoms with Gasteiger partial charge in [0, 0.05) is 23.7 Å². The molecule has 0 radical (unpaired) electrons. The normalized spacial score (nSPS) is 35.5. The van der Waals surface area contributed by atoms with E-state index >= 15 is 0 Å². The Morgan fingerprint density at radius 2 is 1.03 bits per heavy atom. The van der Waals surface area contributed by atoms with Crippen LogP contribution in [0.3, 0.4) is 0 Å². The van der Waals surface area contributed by atoms with E-state index in [1.807, 2.05) is 0 Å². The van der Waals surface area contributed by atoms with Crippen molar-refractivity contribution in [2.24, 2.45) is 23.7 Å². The van der Waals surface area contributed by atoms with Gasteiger partial charge in [-0.15, -0.1) is 0 Å².